The summed E-state index contributed by atoms with van der Waals surface area (Å²) in [6.45, 7) is 1.30. The van der Waals surface area contributed by atoms with Crippen LogP contribution < -0.4 is 0 Å². The molecule has 4 heteroatoms. The smallest absolute Gasteiger partial charge is 0.0725 e. The molecule has 0 fully saturated rings. The van der Waals surface area contributed by atoms with Gasteiger partial charge in [-0.2, -0.15) is 0 Å². The van der Waals surface area contributed by atoms with Crippen molar-refractivity contribution in [3.05, 3.63) is 39.8 Å². The SMILES string of the molecule is [N-]=[N+]=Nc1ccc2c(c1)COC2. The van der Waals surface area contributed by atoms with Crippen molar-refractivity contribution in [2.45, 2.75) is 13.2 Å². The maximum atomic E-state index is 8.20. The lowest BCUT2D eigenvalue weighted by atomic mass is 10.1. The van der Waals surface area contributed by atoms with Crippen molar-refractivity contribution >= 4 is 5.69 Å². The highest BCUT2D eigenvalue weighted by Crippen LogP contribution is 2.24. The molecular formula is C8H7N3O. The number of rotatable bonds is 1. The summed E-state index contributed by atoms with van der Waals surface area (Å²) in [7, 11) is 0. The first-order valence-corrected chi connectivity index (χ1v) is 3.65. The van der Waals surface area contributed by atoms with Gasteiger partial charge in [-0.25, -0.2) is 0 Å². The van der Waals surface area contributed by atoms with Crippen LogP contribution in [0.2, 0.25) is 0 Å². The van der Waals surface area contributed by atoms with E-state index in [1.54, 1.807) is 6.07 Å². The minimum absolute atomic E-state index is 0.629. The molecule has 0 radical (unpaired) electrons. The molecule has 4 nitrogen and oxygen atoms in total. The predicted molar refractivity (Wildman–Crippen MR) is 43.7 cm³/mol. The molecule has 0 aliphatic carbocycles. The van der Waals surface area contributed by atoms with E-state index in [1.165, 1.54) is 5.56 Å². The van der Waals surface area contributed by atoms with E-state index in [9.17, 15) is 0 Å². The molecule has 0 aromatic heterocycles. The number of ether oxygens (including phenoxy) is 1. The lowest BCUT2D eigenvalue weighted by Gasteiger charge is -1.96. The number of azide groups is 1. The van der Waals surface area contributed by atoms with E-state index in [4.69, 9.17) is 10.3 Å². The first-order chi connectivity index (χ1) is 5.90. The average molecular weight is 161 g/mol. The van der Waals surface area contributed by atoms with E-state index in [1.807, 2.05) is 12.1 Å². The normalized spacial score (nSPS) is 13.7. The van der Waals surface area contributed by atoms with E-state index < -0.39 is 0 Å². The third kappa shape index (κ3) is 1.13. The molecule has 0 spiro atoms. The molecule has 0 bridgehead atoms. The quantitative estimate of drug-likeness (QED) is 0.355. The van der Waals surface area contributed by atoms with Gasteiger partial charge in [-0.05, 0) is 22.7 Å². The van der Waals surface area contributed by atoms with Gasteiger partial charge in [0.05, 0.1) is 13.2 Å². The van der Waals surface area contributed by atoms with Crippen LogP contribution in [0.5, 0.6) is 0 Å². The van der Waals surface area contributed by atoms with Gasteiger partial charge in [-0.1, -0.05) is 17.2 Å². The lowest BCUT2D eigenvalue weighted by Crippen LogP contribution is -1.78. The van der Waals surface area contributed by atoms with Gasteiger partial charge in [0, 0.05) is 10.6 Å². The second-order valence-electron chi connectivity index (χ2n) is 2.64. The summed E-state index contributed by atoms with van der Waals surface area (Å²) < 4.78 is 5.21. The Labute approximate surface area is 69.4 Å². The molecule has 1 aromatic carbocycles. The standard InChI is InChI=1S/C8H7N3O/c9-11-10-8-2-1-6-4-12-5-7(6)3-8/h1-3H,4-5H2. The average Bonchev–Trinajstić information content (AvgIpc) is 2.51. The minimum Gasteiger partial charge on any atom is -0.372 e. The molecule has 0 saturated heterocycles. The van der Waals surface area contributed by atoms with Crippen molar-refractivity contribution < 1.29 is 4.74 Å². The molecule has 60 valence electrons. The Morgan fingerprint density at radius 1 is 1.33 bits per heavy atom. The van der Waals surface area contributed by atoms with E-state index in [0.717, 1.165) is 5.56 Å². The second kappa shape index (κ2) is 2.85. The predicted octanol–water partition coefficient (Wildman–Crippen LogP) is 2.66. The summed E-state index contributed by atoms with van der Waals surface area (Å²) in [5, 5.41) is 3.51. The number of hydrogen-bond acceptors (Lipinski definition) is 2. The molecule has 1 aliphatic rings. The zero-order chi connectivity index (χ0) is 8.39. The van der Waals surface area contributed by atoms with Gasteiger partial charge >= 0.3 is 0 Å². The van der Waals surface area contributed by atoms with Crippen LogP contribution >= 0.6 is 0 Å². The van der Waals surface area contributed by atoms with E-state index in [-0.39, 0.29) is 0 Å². The molecule has 0 amide bonds. The highest BCUT2D eigenvalue weighted by Gasteiger charge is 2.10. The monoisotopic (exact) mass is 161 g/mol. The van der Waals surface area contributed by atoms with Crippen LogP contribution in [0.3, 0.4) is 0 Å². The third-order valence-electron chi connectivity index (χ3n) is 1.87. The van der Waals surface area contributed by atoms with Crippen LogP contribution in [-0.2, 0) is 18.0 Å². The molecule has 0 saturated carbocycles. The Bertz CT molecular complexity index is 355. The fraction of sp³-hybridized carbons (Fsp3) is 0.250. The van der Waals surface area contributed by atoms with Crippen LogP contribution in [0.4, 0.5) is 5.69 Å². The molecule has 0 N–H and O–H groups in total. The van der Waals surface area contributed by atoms with Crippen molar-refractivity contribution in [3.8, 4) is 0 Å². The summed E-state index contributed by atoms with van der Waals surface area (Å²) in [6.07, 6.45) is 0. The largest absolute Gasteiger partial charge is 0.372 e. The van der Waals surface area contributed by atoms with Gasteiger partial charge in [-0.15, -0.1) is 0 Å². The summed E-state index contributed by atoms with van der Waals surface area (Å²) in [5.41, 5.74) is 11.2. The van der Waals surface area contributed by atoms with Crippen molar-refractivity contribution in [1.82, 2.24) is 0 Å². The number of fused-ring (bicyclic) bond motifs is 1. The minimum atomic E-state index is 0.629. The Morgan fingerprint density at radius 2 is 2.17 bits per heavy atom. The van der Waals surface area contributed by atoms with E-state index in [0.29, 0.717) is 18.9 Å². The molecule has 1 heterocycles. The fourth-order valence-corrected chi connectivity index (χ4v) is 1.27. The van der Waals surface area contributed by atoms with Crippen molar-refractivity contribution in [2.24, 2.45) is 5.11 Å². The zero-order valence-corrected chi connectivity index (χ0v) is 6.40. The molecule has 0 unspecified atom stereocenters. The topological polar surface area (TPSA) is 58.0 Å². The lowest BCUT2D eigenvalue weighted by molar-refractivity contribution is 0.134. The summed E-state index contributed by atoms with van der Waals surface area (Å²) in [4.78, 5) is 2.72. The zero-order valence-electron chi connectivity index (χ0n) is 6.40. The van der Waals surface area contributed by atoms with Crippen molar-refractivity contribution in [2.75, 3.05) is 0 Å². The summed E-state index contributed by atoms with van der Waals surface area (Å²) in [5.74, 6) is 0. The van der Waals surface area contributed by atoms with Crippen molar-refractivity contribution in [3.63, 3.8) is 0 Å². The first-order valence-electron chi connectivity index (χ1n) is 3.65. The first kappa shape index (κ1) is 7.16. The number of benzene rings is 1. The van der Waals surface area contributed by atoms with Crippen LogP contribution in [0.1, 0.15) is 11.1 Å². The molecule has 1 aromatic rings. The van der Waals surface area contributed by atoms with Gasteiger partial charge in [0.2, 0.25) is 0 Å². The summed E-state index contributed by atoms with van der Waals surface area (Å²) in [6, 6.07) is 5.60. The molecule has 12 heavy (non-hydrogen) atoms. The van der Waals surface area contributed by atoms with Gasteiger partial charge in [0.25, 0.3) is 0 Å². The van der Waals surface area contributed by atoms with Gasteiger partial charge in [0.15, 0.2) is 0 Å². The Hall–Kier alpha value is -1.51. The van der Waals surface area contributed by atoms with Gasteiger partial charge in [0.1, 0.15) is 0 Å². The maximum absolute atomic E-state index is 8.20. The Kier molecular flexibility index (Phi) is 1.70. The van der Waals surface area contributed by atoms with E-state index >= 15 is 0 Å². The molecular weight excluding hydrogens is 154 g/mol. The Balaban J connectivity index is 2.45. The Morgan fingerprint density at radius 3 is 3.00 bits per heavy atom. The highest BCUT2D eigenvalue weighted by atomic mass is 16.5. The van der Waals surface area contributed by atoms with Gasteiger partial charge < -0.3 is 4.74 Å². The summed E-state index contributed by atoms with van der Waals surface area (Å²) >= 11 is 0. The third-order valence-corrected chi connectivity index (χ3v) is 1.87. The van der Waals surface area contributed by atoms with Crippen LogP contribution in [0.15, 0.2) is 23.3 Å². The molecule has 2 rings (SSSR count). The number of hydrogen-bond donors (Lipinski definition) is 0. The number of nitrogens with zero attached hydrogens (tertiary/aromatic N) is 3. The van der Waals surface area contributed by atoms with Crippen LogP contribution in [-0.4, -0.2) is 0 Å². The second-order valence-corrected chi connectivity index (χ2v) is 2.64. The van der Waals surface area contributed by atoms with Crippen molar-refractivity contribution in [1.29, 1.82) is 0 Å². The van der Waals surface area contributed by atoms with Crippen LogP contribution in [0.25, 0.3) is 10.4 Å². The fourth-order valence-electron chi connectivity index (χ4n) is 1.27. The van der Waals surface area contributed by atoms with E-state index in [2.05, 4.69) is 10.0 Å². The highest BCUT2D eigenvalue weighted by molar-refractivity contribution is 5.44. The van der Waals surface area contributed by atoms with Crippen LogP contribution in [0, 0.1) is 0 Å². The molecule has 0 atom stereocenters. The molecule has 1 aliphatic heterocycles. The van der Waals surface area contributed by atoms with Gasteiger partial charge in [-0.3, -0.25) is 0 Å². The maximum Gasteiger partial charge on any atom is 0.0725 e.